The fraction of sp³-hybridized carbons (Fsp3) is 0.200. The largest absolute Gasteiger partial charge is 0.497 e. The molecule has 0 spiro atoms. The smallest absolute Gasteiger partial charge is 0.340 e. The second-order valence-electron chi connectivity index (χ2n) is 7.52. The van der Waals surface area contributed by atoms with Crippen LogP contribution in [-0.2, 0) is 16.1 Å². The number of fused-ring (bicyclic) bond motifs is 1. The number of hydrogen-bond donors (Lipinski definition) is 1. The van der Waals surface area contributed by atoms with Crippen molar-refractivity contribution in [1.82, 2.24) is 4.57 Å². The Hall–Kier alpha value is -4.00. The maximum atomic E-state index is 13.8. The number of ether oxygens (including phenoxy) is 3. The molecule has 0 saturated carbocycles. The summed E-state index contributed by atoms with van der Waals surface area (Å²) in [6.45, 7) is 2.23. The summed E-state index contributed by atoms with van der Waals surface area (Å²) >= 11 is 0. The number of methoxy groups -OCH3 is 2. The Morgan fingerprint density at radius 2 is 1.78 bits per heavy atom. The van der Waals surface area contributed by atoms with Gasteiger partial charge in [0.15, 0.2) is 0 Å². The Bertz CT molecular complexity index is 1240. The molecule has 2 heterocycles. The number of benzene rings is 2. The summed E-state index contributed by atoms with van der Waals surface area (Å²) < 4.78 is 17.6. The first-order valence-corrected chi connectivity index (χ1v) is 10.1. The number of aryl methyl sites for hydroxylation is 1. The lowest BCUT2D eigenvalue weighted by Crippen LogP contribution is -2.35. The van der Waals surface area contributed by atoms with E-state index in [4.69, 9.17) is 19.9 Å². The molecule has 0 radical (unpaired) electrons. The lowest BCUT2D eigenvalue weighted by atomic mass is 9.83. The molecule has 0 aliphatic carbocycles. The van der Waals surface area contributed by atoms with Crippen molar-refractivity contribution in [1.29, 1.82) is 0 Å². The molecule has 1 aliphatic rings. The molecular weight excluding hydrogens is 408 g/mol. The van der Waals surface area contributed by atoms with E-state index in [1.165, 1.54) is 7.11 Å². The number of rotatable bonds is 5. The zero-order valence-electron chi connectivity index (χ0n) is 18.1. The summed E-state index contributed by atoms with van der Waals surface area (Å²) in [4.78, 5) is 26.4. The second-order valence-corrected chi connectivity index (χ2v) is 7.52. The highest BCUT2D eigenvalue weighted by Gasteiger charge is 2.38. The molecule has 164 valence electrons. The molecule has 0 amide bonds. The number of nitrogens with two attached hydrogens (primary N) is 1. The molecule has 0 fully saturated rings. The molecule has 4 rings (SSSR count). The van der Waals surface area contributed by atoms with Gasteiger partial charge in [0, 0.05) is 11.8 Å². The van der Waals surface area contributed by atoms with Gasteiger partial charge >= 0.3 is 5.97 Å². The Labute approximate surface area is 185 Å². The second kappa shape index (κ2) is 8.63. The molecule has 0 bridgehead atoms. The molecule has 1 aliphatic heterocycles. The first kappa shape index (κ1) is 21.2. The van der Waals surface area contributed by atoms with Gasteiger partial charge in [-0.05, 0) is 30.2 Å². The number of nitrogens with zero attached hydrogens (tertiary/aromatic N) is 1. The average Bonchev–Trinajstić information content (AvgIpc) is 2.81. The monoisotopic (exact) mass is 432 g/mol. The van der Waals surface area contributed by atoms with Gasteiger partial charge in [-0.15, -0.1) is 0 Å². The first-order chi connectivity index (χ1) is 15.4. The predicted molar refractivity (Wildman–Crippen MR) is 120 cm³/mol. The van der Waals surface area contributed by atoms with Gasteiger partial charge in [0.05, 0.1) is 32.2 Å². The first-order valence-electron chi connectivity index (χ1n) is 10.1. The molecule has 7 nitrogen and oxygen atoms in total. The highest BCUT2D eigenvalue weighted by Crippen LogP contribution is 2.41. The van der Waals surface area contributed by atoms with Crippen LogP contribution in [0.15, 0.2) is 76.9 Å². The van der Waals surface area contributed by atoms with Gasteiger partial charge in [0.25, 0.3) is 5.56 Å². The van der Waals surface area contributed by atoms with Crippen LogP contribution in [0.5, 0.6) is 11.5 Å². The zero-order valence-corrected chi connectivity index (χ0v) is 18.1. The van der Waals surface area contributed by atoms with Crippen LogP contribution in [0.25, 0.3) is 0 Å². The lowest BCUT2D eigenvalue weighted by Gasteiger charge is -2.29. The third-order valence-electron chi connectivity index (χ3n) is 5.61. The standard InChI is InChI=1S/C25H24N2O5/c1-15-13-19-21(24(28)27(15)14-16-7-5-4-6-8-16)20(17-9-11-18(30-2)12-10-17)22(23(26)32-19)25(29)31-3/h4-13,20H,14,26H2,1-3H3/t20-/m1/s1. The number of carbonyl (C=O) groups is 1. The van der Waals surface area contributed by atoms with Crippen molar-refractivity contribution in [3.05, 3.63) is 105 Å². The van der Waals surface area contributed by atoms with Gasteiger partial charge in [-0.3, -0.25) is 4.79 Å². The van der Waals surface area contributed by atoms with Crippen molar-refractivity contribution < 1.29 is 19.0 Å². The van der Waals surface area contributed by atoms with Crippen LogP contribution < -0.4 is 20.8 Å². The molecule has 2 N–H and O–H groups in total. The van der Waals surface area contributed by atoms with Gasteiger partial charge in [-0.1, -0.05) is 42.5 Å². The van der Waals surface area contributed by atoms with Crippen molar-refractivity contribution in [3.63, 3.8) is 0 Å². The summed E-state index contributed by atoms with van der Waals surface area (Å²) in [5.41, 5.74) is 8.73. The van der Waals surface area contributed by atoms with Crippen LogP contribution in [0, 0.1) is 6.92 Å². The van der Waals surface area contributed by atoms with E-state index in [2.05, 4.69) is 0 Å². The van der Waals surface area contributed by atoms with E-state index >= 15 is 0 Å². The number of hydrogen-bond acceptors (Lipinski definition) is 6. The molecule has 32 heavy (non-hydrogen) atoms. The quantitative estimate of drug-likeness (QED) is 0.623. The molecule has 7 heteroatoms. The maximum Gasteiger partial charge on any atom is 0.340 e. The van der Waals surface area contributed by atoms with Gasteiger partial charge in [0.2, 0.25) is 5.88 Å². The van der Waals surface area contributed by atoms with Crippen LogP contribution in [-0.4, -0.2) is 24.8 Å². The molecule has 2 aromatic carbocycles. The van der Waals surface area contributed by atoms with E-state index in [0.29, 0.717) is 29.2 Å². The molecule has 0 saturated heterocycles. The third kappa shape index (κ3) is 3.73. The molecule has 1 atom stereocenters. The fourth-order valence-electron chi connectivity index (χ4n) is 3.99. The summed E-state index contributed by atoms with van der Waals surface area (Å²) in [6, 6.07) is 18.6. The van der Waals surface area contributed by atoms with E-state index in [9.17, 15) is 9.59 Å². The Morgan fingerprint density at radius 3 is 2.41 bits per heavy atom. The van der Waals surface area contributed by atoms with Gasteiger partial charge in [0.1, 0.15) is 17.1 Å². The minimum atomic E-state index is -0.743. The van der Waals surface area contributed by atoms with Gasteiger partial charge < -0.3 is 24.5 Å². The molecule has 1 aromatic heterocycles. The van der Waals surface area contributed by atoms with E-state index in [-0.39, 0.29) is 17.0 Å². The average molecular weight is 432 g/mol. The maximum absolute atomic E-state index is 13.8. The summed E-state index contributed by atoms with van der Waals surface area (Å²) in [7, 11) is 2.84. The summed E-state index contributed by atoms with van der Waals surface area (Å²) in [5.74, 6) is -0.480. The Kier molecular flexibility index (Phi) is 5.73. The zero-order chi connectivity index (χ0) is 22.8. The third-order valence-corrected chi connectivity index (χ3v) is 5.61. The van der Waals surface area contributed by atoms with E-state index < -0.39 is 11.9 Å². The van der Waals surface area contributed by atoms with E-state index in [1.54, 1.807) is 42.0 Å². The van der Waals surface area contributed by atoms with E-state index in [1.807, 2.05) is 37.3 Å². The summed E-state index contributed by atoms with van der Waals surface area (Å²) in [5, 5.41) is 0. The van der Waals surface area contributed by atoms with Crippen molar-refractivity contribution in [2.45, 2.75) is 19.4 Å². The number of pyridine rings is 1. The minimum absolute atomic E-state index is 0.0789. The normalized spacial score (nSPS) is 15.0. The SMILES string of the molecule is COC(=O)C1=C(N)Oc2cc(C)n(Cc3ccccc3)c(=O)c2[C@H]1c1ccc(OC)cc1. The van der Waals surface area contributed by atoms with Gasteiger partial charge in [-0.25, -0.2) is 4.79 Å². The van der Waals surface area contributed by atoms with Crippen LogP contribution in [0.1, 0.15) is 28.3 Å². The van der Waals surface area contributed by atoms with Crippen molar-refractivity contribution in [2.24, 2.45) is 5.73 Å². The molecular formula is C25H24N2O5. The van der Waals surface area contributed by atoms with Crippen molar-refractivity contribution >= 4 is 5.97 Å². The summed E-state index contributed by atoms with van der Waals surface area (Å²) in [6.07, 6.45) is 0. The topological polar surface area (TPSA) is 92.8 Å². The number of aromatic nitrogens is 1. The number of esters is 1. The predicted octanol–water partition coefficient (Wildman–Crippen LogP) is 3.08. The van der Waals surface area contributed by atoms with Crippen LogP contribution in [0.4, 0.5) is 0 Å². The fourth-order valence-corrected chi connectivity index (χ4v) is 3.99. The molecule has 3 aromatic rings. The highest BCUT2D eigenvalue weighted by molar-refractivity contribution is 5.92. The van der Waals surface area contributed by atoms with E-state index in [0.717, 1.165) is 11.3 Å². The van der Waals surface area contributed by atoms with Crippen molar-refractivity contribution in [3.8, 4) is 11.5 Å². The molecule has 0 unspecified atom stereocenters. The minimum Gasteiger partial charge on any atom is -0.497 e. The lowest BCUT2D eigenvalue weighted by molar-refractivity contribution is -0.136. The number of carbonyl (C=O) groups excluding carboxylic acids is 1. The van der Waals surface area contributed by atoms with Crippen LogP contribution >= 0.6 is 0 Å². The van der Waals surface area contributed by atoms with Gasteiger partial charge in [-0.2, -0.15) is 0 Å². The Balaban J connectivity index is 1.93. The highest BCUT2D eigenvalue weighted by atomic mass is 16.5. The van der Waals surface area contributed by atoms with Crippen LogP contribution in [0.2, 0.25) is 0 Å². The van der Waals surface area contributed by atoms with Crippen molar-refractivity contribution in [2.75, 3.05) is 14.2 Å². The Morgan fingerprint density at radius 1 is 1.09 bits per heavy atom. The van der Waals surface area contributed by atoms with Crippen LogP contribution in [0.3, 0.4) is 0 Å².